The van der Waals surface area contributed by atoms with Gasteiger partial charge in [-0.1, -0.05) is 13.8 Å². The van der Waals surface area contributed by atoms with Gasteiger partial charge < -0.3 is 0 Å². The highest BCUT2D eigenvalue weighted by Crippen LogP contribution is 2.72. The summed E-state index contributed by atoms with van der Waals surface area (Å²) in [5.74, 6) is 8.79. The number of rotatable bonds is 3. The average molecular weight is 327 g/mol. The summed E-state index contributed by atoms with van der Waals surface area (Å²) in [5.41, 5.74) is 1.57. The van der Waals surface area contributed by atoms with Crippen LogP contribution in [0.15, 0.2) is 0 Å². The molecule has 0 amide bonds. The first kappa shape index (κ1) is 15.1. The van der Waals surface area contributed by atoms with E-state index in [0.717, 1.165) is 58.2 Å². The van der Waals surface area contributed by atoms with Crippen molar-refractivity contribution in [3.8, 4) is 0 Å². The van der Waals surface area contributed by atoms with Crippen molar-refractivity contribution >= 4 is 0 Å². The molecular weight excluding hydrogens is 288 g/mol. The Hall–Kier alpha value is 0. The van der Waals surface area contributed by atoms with Crippen LogP contribution in [-0.2, 0) is 0 Å². The third-order valence-electron chi connectivity index (χ3n) is 10.2. The van der Waals surface area contributed by atoms with Crippen LogP contribution in [0.2, 0.25) is 0 Å². The van der Waals surface area contributed by atoms with Gasteiger partial charge in [0.1, 0.15) is 0 Å². The molecule has 0 aromatic heterocycles. The van der Waals surface area contributed by atoms with E-state index in [1.807, 2.05) is 0 Å². The van der Waals surface area contributed by atoms with Crippen molar-refractivity contribution in [3.63, 3.8) is 0 Å². The maximum Gasteiger partial charge on any atom is -0.0254 e. The third kappa shape index (κ3) is 1.98. The van der Waals surface area contributed by atoms with E-state index in [-0.39, 0.29) is 0 Å². The van der Waals surface area contributed by atoms with Crippen LogP contribution in [0.4, 0.5) is 0 Å². The van der Waals surface area contributed by atoms with E-state index in [4.69, 9.17) is 0 Å². The molecule has 0 N–H and O–H groups in total. The Morgan fingerprint density at radius 2 is 0.750 bits per heavy atom. The molecule has 0 aromatic carbocycles. The average Bonchev–Trinajstić information content (AvgIpc) is 2.42. The zero-order chi connectivity index (χ0) is 16.1. The summed E-state index contributed by atoms with van der Waals surface area (Å²) in [6.45, 7) is 5.25. The van der Waals surface area contributed by atoms with Crippen LogP contribution in [0.25, 0.3) is 0 Å². The summed E-state index contributed by atoms with van der Waals surface area (Å²) in [4.78, 5) is 0. The van der Waals surface area contributed by atoms with Gasteiger partial charge in [0.05, 0.1) is 0 Å². The standard InChI is InChI=1S/C24H38/c1-15(2)22(23-9-16-3-17(10-23)5-18(4-16)11-23)24-12-19-6-20(13-24)8-21(7-19)14-24/h15-22H,3-14H2,1-2H3. The number of hydrogen-bond acceptors (Lipinski definition) is 0. The first-order valence-electron chi connectivity index (χ1n) is 11.5. The maximum absolute atomic E-state index is 2.63. The second-order valence-electron chi connectivity index (χ2n) is 12.3. The largest absolute Gasteiger partial charge is 0.0625 e. The second-order valence-corrected chi connectivity index (χ2v) is 12.3. The summed E-state index contributed by atoms with van der Waals surface area (Å²) >= 11 is 0. The Kier molecular flexibility index (Phi) is 3.04. The first-order valence-corrected chi connectivity index (χ1v) is 11.5. The fraction of sp³-hybridized carbons (Fsp3) is 1.00. The Morgan fingerprint density at radius 3 is 0.958 bits per heavy atom. The van der Waals surface area contributed by atoms with E-state index in [1.165, 1.54) is 0 Å². The molecule has 8 bridgehead atoms. The van der Waals surface area contributed by atoms with Crippen molar-refractivity contribution in [2.45, 2.75) is 90.9 Å². The molecule has 0 aromatic rings. The molecular formula is C24H38. The summed E-state index contributed by atoms with van der Waals surface area (Å²) < 4.78 is 0. The van der Waals surface area contributed by atoms with E-state index in [9.17, 15) is 0 Å². The number of hydrogen-bond donors (Lipinski definition) is 0. The van der Waals surface area contributed by atoms with Gasteiger partial charge in [-0.15, -0.1) is 0 Å². The molecule has 8 rings (SSSR count). The minimum Gasteiger partial charge on any atom is -0.0625 e. The highest BCUT2D eigenvalue weighted by Gasteiger charge is 2.63. The van der Waals surface area contributed by atoms with Gasteiger partial charge in [0.15, 0.2) is 0 Å². The van der Waals surface area contributed by atoms with Crippen molar-refractivity contribution in [1.82, 2.24) is 0 Å². The molecule has 24 heavy (non-hydrogen) atoms. The fourth-order valence-electron chi connectivity index (χ4n) is 11.2. The Morgan fingerprint density at radius 1 is 0.500 bits per heavy atom. The zero-order valence-electron chi connectivity index (χ0n) is 16.1. The van der Waals surface area contributed by atoms with Crippen LogP contribution < -0.4 is 0 Å². The van der Waals surface area contributed by atoms with E-state index in [2.05, 4.69) is 13.8 Å². The van der Waals surface area contributed by atoms with Crippen LogP contribution in [-0.4, -0.2) is 0 Å². The maximum atomic E-state index is 2.63. The molecule has 0 saturated heterocycles. The zero-order valence-corrected chi connectivity index (χ0v) is 16.1. The Labute approximate surface area is 149 Å². The van der Waals surface area contributed by atoms with Crippen molar-refractivity contribution in [2.24, 2.45) is 58.2 Å². The predicted octanol–water partition coefficient (Wildman–Crippen LogP) is 6.69. The van der Waals surface area contributed by atoms with Gasteiger partial charge in [0, 0.05) is 0 Å². The lowest BCUT2D eigenvalue weighted by molar-refractivity contribution is -0.185. The monoisotopic (exact) mass is 326 g/mol. The van der Waals surface area contributed by atoms with Gasteiger partial charge in [0.2, 0.25) is 0 Å². The highest BCUT2D eigenvalue weighted by molar-refractivity contribution is 5.12. The van der Waals surface area contributed by atoms with Crippen LogP contribution in [0, 0.1) is 58.2 Å². The first-order chi connectivity index (χ1) is 11.5. The molecule has 0 heteroatoms. The molecule has 134 valence electrons. The van der Waals surface area contributed by atoms with Crippen molar-refractivity contribution in [3.05, 3.63) is 0 Å². The molecule has 0 heterocycles. The lowest BCUT2D eigenvalue weighted by Gasteiger charge is -2.68. The predicted molar refractivity (Wildman–Crippen MR) is 99.5 cm³/mol. The van der Waals surface area contributed by atoms with Crippen LogP contribution in [0.5, 0.6) is 0 Å². The van der Waals surface area contributed by atoms with E-state index >= 15 is 0 Å². The van der Waals surface area contributed by atoms with Crippen molar-refractivity contribution in [2.75, 3.05) is 0 Å². The summed E-state index contributed by atoms with van der Waals surface area (Å²) in [7, 11) is 0. The minimum atomic E-state index is 0.786. The van der Waals surface area contributed by atoms with Crippen LogP contribution in [0.3, 0.4) is 0 Å². The molecule has 8 fully saturated rings. The van der Waals surface area contributed by atoms with Crippen LogP contribution >= 0.6 is 0 Å². The summed E-state index contributed by atoms with van der Waals surface area (Å²) in [6.07, 6.45) is 19.6. The second kappa shape index (κ2) is 4.83. The topological polar surface area (TPSA) is 0 Å². The summed E-state index contributed by atoms with van der Waals surface area (Å²) in [6, 6.07) is 0. The molecule has 0 atom stereocenters. The van der Waals surface area contributed by atoms with Gasteiger partial charge in [-0.05, 0) is 135 Å². The van der Waals surface area contributed by atoms with Gasteiger partial charge >= 0.3 is 0 Å². The fourth-order valence-corrected chi connectivity index (χ4v) is 11.2. The van der Waals surface area contributed by atoms with Gasteiger partial charge in [-0.3, -0.25) is 0 Å². The smallest absolute Gasteiger partial charge is 0.0254 e. The lowest BCUT2D eigenvalue weighted by atomic mass is 9.37. The minimum absolute atomic E-state index is 0.786. The summed E-state index contributed by atoms with van der Waals surface area (Å²) in [5, 5.41) is 0. The highest BCUT2D eigenvalue weighted by atomic mass is 14.7. The van der Waals surface area contributed by atoms with Gasteiger partial charge in [-0.2, -0.15) is 0 Å². The normalized spacial score (nSPS) is 58.6. The van der Waals surface area contributed by atoms with Gasteiger partial charge in [-0.25, -0.2) is 0 Å². The molecule has 0 aliphatic heterocycles. The molecule has 8 saturated carbocycles. The third-order valence-corrected chi connectivity index (χ3v) is 10.2. The molecule has 0 nitrogen and oxygen atoms in total. The van der Waals surface area contributed by atoms with E-state index in [1.54, 1.807) is 77.0 Å². The Bertz CT molecular complexity index is 412. The van der Waals surface area contributed by atoms with E-state index in [0.29, 0.717) is 0 Å². The molecule has 8 aliphatic carbocycles. The molecule has 0 radical (unpaired) electrons. The molecule has 8 aliphatic rings. The van der Waals surface area contributed by atoms with Gasteiger partial charge in [0.25, 0.3) is 0 Å². The SMILES string of the molecule is CC(C)C(C12CC3CC(CC(C3)C1)C2)C12CC3CC(CC(C3)C1)C2. The molecule has 0 unspecified atom stereocenters. The quantitative estimate of drug-likeness (QED) is 0.542. The van der Waals surface area contributed by atoms with E-state index < -0.39 is 0 Å². The van der Waals surface area contributed by atoms with Crippen molar-refractivity contribution < 1.29 is 0 Å². The van der Waals surface area contributed by atoms with Crippen molar-refractivity contribution in [1.29, 1.82) is 0 Å². The van der Waals surface area contributed by atoms with Crippen LogP contribution in [0.1, 0.15) is 90.9 Å². The Balaban J connectivity index is 1.41. The lowest BCUT2D eigenvalue weighted by Crippen LogP contribution is -2.59. The molecule has 0 spiro atoms.